The lowest BCUT2D eigenvalue weighted by atomic mass is 9.87. The van der Waals surface area contributed by atoms with Gasteiger partial charge >= 0.3 is 0 Å². The predicted molar refractivity (Wildman–Crippen MR) is 158 cm³/mol. The van der Waals surface area contributed by atoms with Crippen LogP contribution in [0, 0.1) is 16.0 Å². The van der Waals surface area contributed by atoms with Crippen molar-refractivity contribution in [2.75, 3.05) is 65.0 Å². The van der Waals surface area contributed by atoms with Gasteiger partial charge in [0.05, 0.1) is 31.4 Å². The van der Waals surface area contributed by atoms with Gasteiger partial charge in [0, 0.05) is 54.5 Å². The lowest BCUT2D eigenvalue weighted by Gasteiger charge is -2.20. The van der Waals surface area contributed by atoms with Crippen molar-refractivity contribution in [1.82, 2.24) is 4.90 Å². The highest BCUT2D eigenvalue weighted by atomic mass is 16.6. The SMILES string of the molecule is CCC(C)C(=O)c1cccc(NCCOCCOCCN(C)CCOc2ccc([N+](=O)[O-])cc2)c1C=C1CCC1. The molecule has 0 aromatic heterocycles. The highest BCUT2D eigenvalue weighted by molar-refractivity contribution is 6.02. The number of benzene rings is 2. The molecule has 0 heterocycles. The minimum absolute atomic E-state index is 0.00710. The molecule has 9 nitrogen and oxygen atoms in total. The van der Waals surface area contributed by atoms with Crippen LogP contribution in [0.5, 0.6) is 5.75 Å². The predicted octanol–water partition coefficient (Wildman–Crippen LogP) is 5.85. The number of allylic oxidation sites excluding steroid dienone is 1. The fraction of sp³-hybridized carbons (Fsp3) is 0.516. The topological polar surface area (TPSA) is 103 Å². The summed E-state index contributed by atoms with van der Waals surface area (Å²) in [5, 5.41) is 14.2. The van der Waals surface area contributed by atoms with Gasteiger partial charge in [0.1, 0.15) is 12.4 Å². The van der Waals surface area contributed by atoms with E-state index in [2.05, 4.69) is 23.2 Å². The molecule has 1 fully saturated rings. The first kappa shape index (κ1) is 31.3. The number of ketones is 1. The number of nitrogens with one attached hydrogen (secondary N) is 1. The van der Waals surface area contributed by atoms with E-state index in [1.807, 2.05) is 32.2 Å². The second-order valence-corrected chi connectivity index (χ2v) is 10.2. The Kier molecular flexibility index (Phi) is 13.1. The first-order valence-corrected chi connectivity index (χ1v) is 14.2. The van der Waals surface area contributed by atoms with Crippen LogP contribution in [0.3, 0.4) is 0 Å². The second-order valence-electron chi connectivity index (χ2n) is 10.2. The smallest absolute Gasteiger partial charge is 0.269 e. The molecule has 2 aromatic carbocycles. The van der Waals surface area contributed by atoms with Gasteiger partial charge in [-0.1, -0.05) is 37.6 Å². The molecule has 1 aliphatic carbocycles. The normalized spacial score (nSPS) is 13.6. The van der Waals surface area contributed by atoms with E-state index in [9.17, 15) is 14.9 Å². The molecular formula is C31H43N3O6. The van der Waals surface area contributed by atoms with Crippen molar-refractivity contribution in [1.29, 1.82) is 0 Å². The zero-order chi connectivity index (χ0) is 28.7. The number of ether oxygens (including phenoxy) is 3. The largest absolute Gasteiger partial charge is 0.492 e. The first-order chi connectivity index (χ1) is 19.4. The number of non-ortho nitro benzene ring substituents is 1. The van der Waals surface area contributed by atoms with Gasteiger partial charge in [0.2, 0.25) is 0 Å². The molecule has 40 heavy (non-hydrogen) atoms. The number of nitro groups is 1. The third-order valence-electron chi connectivity index (χ3n) is 7.12. The van der Waals surface area contributed by atoms with Crippen molar-refractivity contribution in [3.8, 4) is 5.75 Å². The van der Waals surface area contributed by atoms with Gasteiger partial charge in [0.15, 0.2) is 5.78 Å². The van der Waals surface area contributed by atoms with Crippen LogP contribution >= 0.6 is 0 Å². The van der Waals surface area contributed by atoms with Crippen LogP contribution in [0.4, 0.5) is 11.4 Å². The van der Waals surface area contributed by atoms with Crippen LogP contribution in [-0.2, 0) is 9.47 Å². The quantitative estimate of drug-likeness (QED) is 0.100. The monoisotopic (exact) mass is 553 g/mol. The van der Waals surface area contributed by atoms with Crippen LogP contribution in [0.2, 0.25) is 0 Å². The van der Waals surface area contributed by atoms with Gasteiger partial charge in [-0.15, -0.1) is 0 Å². The van der Waals surface area contributed by atoms with E-state index in [0.29, 0.717) is 51.9 Å². The Morgan fingerprint density at radius 1 is 1.05 bits per heavy atom. The van der Waals surface area contributed by atoms with Crippen LogP contribution < -0.4 is 10.1 Å². The number of rotatable bonds is 19. The van der Waals surface area contributed by atoms with Crippen LogP contribution in [0.15, 0.2) is 48.0 Å². The molecule has 0 amide bonds. The summed E-state index contributed by atoms with van der Waals surface area (Å²) in [7, 11) is 1.99. The Morgan fingerprint density at radius 3 is 2.40 bits per heavy atom. The van der Waals surface area contributed by atoms with Crippen molar-refractivity contribution < 1.29 is 23.9 Å². The summed E-state index contributed by atoms with van der Waals surface area (Å²) >= 11 is 0. The van der Waals surface area contributed by atoms with E-state index in [-0.39, 0.29) is 17.4 Å². The number of carbonyl (C=O) groups excluding carboxylic acids is 1. The lowest BCUT2D eigenvalue weighted by molar-refractivity contribution is -0.384. The van der Waals surface area contributed by atoms with E-state index < -0.39 is 4.92 Å². The van der Waals surface area contributed by atoms with Crippen LogP contribution in [-0.4, -0.2) is 75.3 Å². The fourth-order valence-electron chi connectivity index (χ4n) is 4.17. The fourth-order valence-corrected chi connectivity index (χ4v) is 4.17. The molecule has 1 N–H and O–H groups in total. The molecule has 218 valence electrons. The van der Waals surface area contributed by atoms with Gasteiger partial charge in [0.25, 0.3) is 5.69 Å². The van der Waals surface area contributed by atoms with Crippen LogP contribution in [0.1, 0.15) is 55.5 Å². The Balaban J connectivity index is 1.29. The highest BCUT2D eigenvalue weighted by Crippen LogP contribution is 2.32. The van der Waals surface area contributed by atoms with E-state index in [0.717, 1.165) is 42.6 Å². The van der Waals surface area contributed by atoms with Crippen LogP contribution in [0.25, 0.3) is 6.08 Å². The minimum Gasteiger partial charge on any atom is -0.492 e. The molecule has 0 aliphatic heterocycles. The number of likely N-dealkylation sites (N-methyl/N-ethyl adjacent to an activating group) is 1. The third kappa shape index (κ3) is 10.0. The van der Waals surface area contributed by atoms with Gasteiger partial charge in [-0.3, -0.25) is 14.9 Å². The summed E-state index contributed by atoms with van der Waals surface area (Å²) in [6.07, 6.45) is 6.48. The van der Waals surface area contributed by atoms with Crippen molar-refractivity contribution >= 4 is 23.2 Å². The number of nitro benzene ring substituents is 1. The van der Waals surface area contributed by atoms with Crippen molar-refractivity contribution in [3.05, 3.63) is 69.3 Å². The summed E-state index contributed by atoms with van der Waals surface area (Å²) in [4.78, 5) is 25.4. The molecule has 0 bridgehead atoms. The van der Waals surface area contributed by atoms with Gasteiger partial charge in [-0.2, -0.15) is 0 Å². The van der Waals surface area contributed by atoms with Gasteiger partial charge in [-0.05, 0) is 50.9 Å². The Hall–Kier alpha value is -3.27. The summed E-state index contributed by atoms with van der Waals surface area (Å²) in [5.41, 5.74) is 4.24. The Morgan fingerprint density at radius 2 is 1.75 bits per heavy atom. The number of anilines is 1. The molecule has 1 aliphatic rings. The molecule has 2 aromatic rings. The standard InChI is InChI=1S/C31H43N3O6/c1-4-24(2)31(35)28-9-6-10-30(29(28)23-25-7-5-8-25)32-15-18-38-21-22-39-19-16-33(3)17-20-40-27-13-11-26(12-14-27)34(36)37/h6,9-14,23-24,32H,4-5,7-8,15-22H2,1-3H3. The third-order valence-corrected chi connectivity index (χ3v) is 7.12. The number of carbonyl (C=O) groups is 1. The maximum Gasteiger partial charge on any atom is 0.269 e. The molecule has 1 saturated carbocycles. The molecular weight excluding hydrogens is 510 g/mol. The second kappa shape index (κ2) is 16.7. The number of Topliss-reactive ketones (excluding diaryl/α,β-unsaturated/α-hetero) is 1. The zero-order valence-corrected chi connectivity index (χ0v) is 24.0. The number of hydrogen-bond donors (Lipinski definition) is 1. The summed E-state index contributed by atoms with van der Waals surface area (Å²) < 4.78 is 17.1. The van der Waals surface area contributed by atoms with Gasteiger partial charge in [-0.25, -0.2) is 0 Å². The minimum atomic E-state index is -0.428. The first-order valence-electron chi connectivity index (χ1n) is 14.2. The van der Waals surface area contributed by atoms with E-state index in [1.54, 1.807) is 12.1 Å². The molecule has 1 unspecified atom stereocenters. The maximum absolute atomic E-state index is 13.0. The Bertz CT molecular complexity index is 1110. The van der Waals surface area contributed by atoms with E-state index in [1.165, 1.54) is 24.1 Å². The number of nitrogens with zero attached hydrogens (tertiary/aromatic N) is 2. The zero-order valence-electron chi connectivity index (χ0n) is 24.0. The summed E-state index contributed by atoms with van der Waals surface area (Å²) in [5.74, 6) is 0.821. The summed E-state index contributed by atoms with van der Waals surface area (Å²) in [6.45, 7) is 8.81. The van der Waals surface area contributed by atoms with Crippen molar-refractivity contribution in [3.63, 3.8) is 0 Å². The molecule has 1 atom stereocenters. The van der Waals surface area contributed by atoms with Gasteiger partial charge < -0.3 is 24.4 Å². The maximum atomic E-state index is 13.0. The summed E-state index contributed by atoms with van der Waals surface area (Å²) in [6, 6.07) is 12.0. The molecule has 3 rings (SSSR count). The number of hydrogen-bond acceptors (Lipinski definition) is 8. The van der Waals surface area contributed by atoms with E-state index in [4.69, 9.17) is 14.2 Å². The Labute approximate surface area is 237 Å². The molecule has 9 heteroatoms. The highest BCUT2D eigenvalue weighted by Gasteiger charge is 2.19. The molecule has 0 radical (unpaired) electrons. The van der Waals surface area contributed by atoms with Crippen molar-refractivity contribution in [2.45, 2.75) is 39.5 Å². The van der Waals surface area contributed by atoms with Crippen molar-refractivity contribution in [2.24, 2.45) is 5.92 Å². The average Bonchev–Trinajstić information content (AvgIpc) is 2.93. The molecule has 0 saturated heterocycles. The lowest BCUT2D eigenvalue weighted by Crippen LogP contribution is -2.28. The average molecular weight is 554 g/mol. The van der Waals surface area contributed by atoms with E-state index >= 15 is 0 Å². The molecule has 0 spiro atoms.